The summed E-state index contributed by atoms with van der Waals surface area (Å²) in [6.45, 7) is 9.23. The van der Waals surface area contributed by atoms with E-state index in [0.717, 1.165) is 24.6 Å². The fourth-order valence-electron chi connectivity index (χ4n) is 2.29. The predicted molar refractivity (Wildman–Crippen MR) is 117 cm³/mol. The van der Waals surface area contributed by atoms with E-state index < -0.39 is 0 Å². The van der Waals surface area contributed by atoms with Gasteiger partial charge in [-0.1, -0.05) is 38.3 Å². The summed E-state index contributed by atoms with van der Waals surface area (Å²) in [6, 6.07) is 7.61. The van der Waals surface area contributed by atoms with Gasteiger partial charge in [0, 0.05) is 25.2 Å². The van der Waals surface area contributed by atoms with Crippen LogP contribution in [0, 0.1) is 0 Å². The molecular weight excluding hydrogens is 427 g/mol. The molecule has 0 atom stereocenters. The molecule has 0 bridgehead atoms. The zero-order chi connectivity index (χ0) is 17.6. The van der Waals surface area contributed by atoms with Gasteiger partial charge in [0.25, 0.3) is 5.91 Å². The summed E-state index contributed by atoms with van der Waals surface area (Å²) >= 11 is 0. The number of benzene rings is 1. The van der Waals surface area contributed by atoms with E-state index in [1.54, 1.807) is 0 Å². The third-order valence-corrected chi connectivity index (χ3v) is 3.64. The predicted octanol–water partition coefficient (Wildman–Crippen LogP) is 3.69. The van der Waals surface area contributed by atoms with Crippen molar-refractivity contribution in [1.29, 1.82) is 0 Å². The summed E-state index contributed by atoms with van der Waals surface area (Å²) in [5.74, 6) is 0.816. The van der Waals surface area contributed by atoms with E-state index in [1.165, 1.54) is 25.7 Å². The summed E-state index contributed by atoms with van der Waals surface area (Å²) in [4.78, 5) is 16.3. The highest BCUT2D eigenvalue weighted by molar-refractivity contribution is 14.0. The topological polar surface area (TPSA) is 65.5 Å². The Balaban J connectivity index is 0.00000576. The van der Waals surface area contributed by atoms with Crippen LogP contribution in [0.25, 0.3) is 0 Å². The van der Waals surface area contributed by atoms with Crippen LogP contribution in [0.4, 0.5) is 0 Å². The minimum absolute atomic E-state index is 0. The van der Waals surface area contributed by atoms with E-state index in [2.05, 4.69) is 34.8 Å². The monoisotopic (exact) mass is 460 g/mol. The molecule has 1 rings (SSSR count). The Labute approximate surface area is 169 Å². The summed E-state index contributed by atoms with van der Waals surface area (Å²) < 4.78 is 0. The lowest BCUT2D eigenvalue weighted by Gasteiger charge is -2.11. The Morgan fingerprint density at radius 2 is 1.60 bits per heavy atom. The van der Waals surface area contributed by atoms with E-state index >= 15 is 0 Å². The molecule has 5 nitrogen and oxygen atoms in total. The van der Waals surface area contributed by atoms with Crippen molar-refractivity contribution in [2.45, 2.75) is 53.0 Å². The van der Waals surface area contributed by atoms with Crippen molar-refractivity contribution in [2.75, 3.05) is 19.6 Å². The van der Waals surface area contributed by atoms with Crippen LogP contribution in [-0.2, 0) is 6.54 Å². The molecule has 0 aliphatic rings. The van der Waals surface area contributed by atoms with Crippen molar-refractivity contribution in [3.63, 3.8) is 0 Å². The maximum atomic E-state index is 11.7. The molecule has 1 aromatic carbocycles. The fourth-order valence-corrected chi connectivity index (χ4v) is 2.29. The molecule has 0 aromatic heterocycles. The first kappa shape index (κ1) is 23.7. The lowest BCUT2D eigenvalue weighted by atomic mass is 10.1. The molecular formula is C19H33IN4O. The Bertz CT molecular complexity index is 503. The van der Waals surface area contributed by atoms with Crippen LogP contribution >= 0.6 is 24.0 Å². The van der Waals surface area contributed by atoms with Gasteiger partial charge in [-0.3, -0.25) is 4.79 Å². The summed E-state index contributed by atoms with van der Waals surface area (Å²) in [6.07, 6.45) is 4.96. The molecule has 0 aliphatic heterocycles. The summed E-state index contributed by atoms with van der Waals surface area (Å²) in [7, 11) is 0. The van der Waals surface area contributed by atoms with Crippen LogP contribution in [0.15, 0.2) is 29.3 Å². The second-order valence-corrected chi connectivity index (χ2v) is 5.74. The number of rotatable bonds is 10. The Hall–Kier alpha value is -1.31. The molecule has 0 fully saturated rings. The van der Waals surface area contributed by atoms with E-state index in [-0.39, 0.29) is 29.9 Å². The van der Waals surface area contributed by atoms with Gasteiger partial charge < -0.3 is 16.0 Å². The maximum absolute atomic E-state index is 11.7. The van der Waals surface area contributed by atoms with E-state index in [1.807, 2.05) is 31.2 Å². The number of hydrogen-bond acceptors (Lipinski definition) is 2. The highest BCUT2D eigenvalue weighted by atomic mass is 127. The average molecular weight is 460 g/mol. The van der Waals surface area contributed by atoms with Gasteiger partial charge >= 0.3 is 0 Å². The number of carbonyl (C=O) groups is 1. The number of unbranched alkanes of at least 4 members (excludes halogenated alkanes) is 3. The summed E-state index contributed by atoms with van der Waals surface area (Å²) in [5.41, 5.74) is 1.77. The van der Waals surface area contributed by atoms with Crippen LogP contribution in [-0.4, -0.2) is 31.5 Å². The molecule has 0 spiro atoms. The zero-order valence-corrected chi connectivity index (χ0v) is 18.1. The molecule has 0 saturated heterocycles. The molecule has 0 heterocycles. The lowest BCUT2D eigenvalue weighted by molar-refractivity contribution is 0.0956. The van der Waals surface area contributed by atoms with Crippen LogP contribution in [0.5, 0.6) is 0 Å². The van der Waals surface area contributed by atoms with Gasteiger partial charge in [0.15, 0.2) is 5.96 Å². The number of guanidine groups is 1. The highest BCUT2D eigenvalue weighted by Gasteiger charge is 2.03. The number of halogens is 1. The van der Waals surface area contributed by atoms with Crippen molar-refractivity contribution >= 4 is 35.8 Å². The van der Waals surface area contributed by atoms with E-state index in [9.17, 15) is 4.79 Å². The zero-order valence-electron chi connectivity index (χ0n) is 15.7. The van der Waals surface area contributed by atoms with E-state index in [0.29, 0.717) is 18.7 Å². The molecule has 1 aromatic rings. The van der Waals surface area contributed by atoms with Crippen molar-refractivity contribution in [1.82, 2.24) is 16.0 Å². The van der Waals surface area contributed by atoms with Gasteiger partial charge in [-0.2, -0.15) is 0 Å². The third kappa shape index (κ3) is 10.3. The molecule has 142 valence electrons. The average Bonchev–Trinajstić information content (AvgIpc) is 2.60. The standard InChI is InChI=1S/C19H32N4O.HI/c1-4-7-8-9-14-22-19(21-6-3)23-15-16-10-12-17(13-11-16)18(24)20-5-2;/h10-13H,4-9,14-15H2,1-3H3,(H,20,24)(H2,21,22,23);1H. The minimum atomic E-state index is -0.0327. The molecule has 0 aliphatic carbocycles. The summed E-state index contributed by atoms with van der Waals surface area (Å²) in [5, 5.41) is 9.44. The number of nitrogens with zero attached hydrogens (tertiary/aromatic N) is 1. The second kappa shape index (κ2) is 15.0. The van der Waals surface area contributed by atoms with Crippen molar-refractivity contribution in [3.8, 4) is 0 Å². The van der Waals surface area contributed by atoms with Crippen molar-refractivity contribution in [3.05, 3.63) is 35.4 Å². The Kier molecular flexibility index (Phi) is 14.2. The van der Waals surface area contributed by atoms with Crippen LogP contribution in [0.1, 0.15) is 62.4 Å². The maximum Gasteiger partial charge on any atom is 0.251 e. The first-order valence-electron chi connectivity index (χ1n) is 9.10. The lowest BCUT2D eigenvalue weighted by Crippen LogP contribution is -2.37. The van der Waals surface area contributed by atoms with Crippen LogP contribution < -0.4 is 16.0 Å². The Morgan fingerprint density at radius 1 is 0.920 bits per heavy atom. The Morgan fingerprint density at radius 3 is 2.20 bits per heavy atom. The molecule has 6 heteroatoms. The highest BCUT2D eigenvalue weighted by Crippen LogP contribution is 2.06. The second-order valence-electron chi connectivity index (χ2n) is 5.74. The van der Waals surface area contributed by atoms with E-state index in [4.69, 9.17) is 0 Å². The fraction of sp³-hybridized carbons (Fsp3) is 0.579. The SMILES string of the molecule is CCCCCCNC(=NCc1ccc(C(=O)NCC)cc1)NCC.I. The first-order valence-corrected chi connectivity index (χ1v) is 9.10. The first-order chi connectivity index (χ1) is 11.7. The number of aliphatic imine (C=N–C) groups is 1. The van der Waals surface area contributed by atoms with Crippen molar-refractivity contribution in [2.24, 2.45) is 4.99 Å². The number of hydrogen-bond donors (Lipinski definition) is 3. The van der Waals surface area contributed by atoms with Crippen molar-refractivity contribution < 1.29 is 4.79 Å². The smallest absolute Gasteiger partial charge is 0.251 e. The van der Waals surface area contributed by atoms with Crippen LogP contribution in [0.3, 0.4) is 0 Å². The number of carbonyl (C=O) groups excluding carboxylic acids is 1. The molecule has 0 radical (unpaired) electrons. The molecule has 0 saturated carbocycles. The normalized spacial score (nSPS) is 10.8. The molecule has 3 N–H and O–H groups in total. The van der Waals surface area contributed by atoms with Gasteiger partial charge in [-0.25, -0.2) is 4.99 Å². The molecule has 0 unspecified atom stereocenters. The van der Waals surface area contributed by atoms with Gasteiger partial charge in [-0.05, 0) is 38.0 Å². The van der Waals surface area contributed by atoms with Gasteiger partial charge in [0.05, 0.1) is 6.54 Å². The van der Waals surface area contributed by atoms with Gasteiger partial charge in [0.2, 0.25) is 0 Å². The number of nitrogens with one attached hydrogen (secondary N) is 3. The van der Waals surface area contributed by atoms with Crippen LogP contribution in [0.2, 0.25) is 0 Å². The van der Waals surface area contributed by atoms with Gasteiger partial charge in [-0.15, -0.1) is 24.0 Å². The molecule has 1 amide bonds. The van der Waals surface area contributed by atoms with Gasteiger partial charge in [0.1, 0.15) is 0 Å². The molecule has 25 heavy (non-hydrogen) atoms. The minimum Gasteiger partial charge on any atom is -0.357 e. The largest absolute Gasteiger partial charge is 0.357 e. The third-order valence-electron chi connectivity index (χ3n) is 3.64. The quantitative estimate of drug-likeness (QED) is 0.216. The number of amides is 1.